The molecule has 2 rings (SSSR count). The van der Waals surface area contributed by atoms with Crippen LogP contribution in [-0.4, -0.2) is 27.0 Å². The van der Waals surface area contributed by atoms with Crippen LogP contribution in [0.15, 0.2) is 9.59 Å². The van der Waals surface area contributed by atoms with E-state index in [0.717, 1.165) is 0 Å². The molecule has 0 saturated carbocycles. The lowest BCUT2D eigenvalue weighted by atomic mass is 10.2. The fourth-order valence-corrected chi connectivity index (χ4v) is 2.14. The highest BCUT2D eigenvalue weighted by Gasteiger charge is 2.10. The second-order valence-corrected chi connectivity index (χ2v) is 4.90. The number of aromatic nitrogens is 4. The average molecular weight is 267 g/mol. The van der Waals surface area contributed by atoms with Gasteiger partial charge in [-0.15, -0.1) is 10.2 Å². The smallest absolute Gasteiger partial charge is 0.268 e. The van der Waals surface area contributed by atoms with E-state index in [1.807, 2.05) is 0 Å². The second-order valence-electron chi connectivity index (χ2n) is 3.83. The fraction of sp³-hybridized carbons (Fsp3) is 0.400. The Morgan fingerprint density at radius 2 is 2.00 bits per heavy atom. The van der Waals surface area contributed by atoms with E-state index in [1.54, 1.807) is 20.9 Å². The lowest BCUT2D eigenvalue weighted by Gasteiger charge is -2.05. The Balaban J connectivity index is 2.41. The zero-order valence-corrected chi connectivity index (χ0v) is 11.1. The number of anilines is 1. The number of hydrogen-bond donors (Lipinski definition) is 2. The van der Waals surface area contributed by atoms with Crippen LogP contribution in [0.2, 0.25) is 0 Å². The van der Waals surface area contributed by atoms with Crippen LogP contribution in [0.5, 0.6) is 0 Å². The minimum absolute atomic E-state index is 0.215. The third kappa shape index (κ3) is 2.19. The second kappa shape index (κ2) is 4.73. The summed E-state index contributed by atoms with van der Waals surface area (Å²) in [6, 6.07) is 0. The number of nitrogens with zero attached hydrogens (tertiary/aromatic N) is 3. The van der Waals surface area contributed by atoms with Crippen molar-refractivity contribution in [2.45, 2.75) is 20.4 Å². The van der Waals surface area contributed by atoms with Crippen LogP contribution >= 0.6 is 11.3 Å². The number of rotatable bonds is 3. The van der Waals surface area contributed by atoms with E-state index in [4.69, 9.17) is 0 Å². The van der Waals surface area contributed by atoms with Gasteiger partial charge in [0.15, 0.2) is 0 Å². The van der Waals surface area contributed by atoms with E-state index >= 15 is 0 Å². The molecule has 96 valence electrons. The number of nitrogens with one attached hydrogen (secondary N) is 2. The lowest BCUT2D eigenvalue weighted by Crippen LogP contribution is -2.33. The quantitative estimate of drug-likeness (QED) is 0.822. The van der Waals surface area contributed by atoms with Crippen LogP contribution in [0.3, 0.4) is 0 Å². The standard InChI is InChI=1S/C10H13N5O2S/c1-5-6(2)9(17)15(14-8(5)16)4-7-12-13-10(11-3)18-7/h4H2,1-3H3,(H,11,13)(H,14,16). The molecule has 0 unspecified atom stereocenters. The zero-order valence-electron chi connectivity index (χ0n) is 10.3. The van der Waals surface area contributed by atoms with E-state index in [1.165, 1.54) is 16.0 Å². The topological polar surface area (TPSA) is 92.7 Å². The Hall–Kier alpha value is -1.96. The van der Waals surface area contributed by atoms with Crippen molar-refractivity contribution in [1.29, 1.82) is 0 Å². The molecule has 0 aromatic carbocycles. The van der Waals surface area contributed by atoms with Crippen LogP contribution < -0.4 is 16.4 Å². The van der Waals surface area contributed by atoms with Gasteiger partial charge in [-0.2, -0.15) is 0 Å². The van der Waals surface area contributed by atoms with Crippen molar-refractivity contribution in [1.82, 2.24) is 20.0 Å². The van der Waals surface area contributed by atoms with E-state index in [9.17, 15) is 9.59 Å². The number of H-pyrrole nitrogens is 1. The Kier molecular flexibility index (Phi) is 3.28. The first kappa shape index (κ1) is 12.5. The molecular formula is C10H13N5O2S. The summed E-state index contributed by atoms with van der Waals surface area (Å²) in [5, 5.41) is 14.5. The maximum absolute atomic E-state index is 12.0. The molecule has 2 heterocycles. The van der Waals surface area contributed by atoms with Gasteiger partial charge in [-0.05, 0) is 13.8 Å². The molecule has 7 nitrogen and oxygen atoms in total. The van der Waals surface area contributed by atoms with Crippen molar-refractivity contribution in [2.24, 2.45) is 0 Å². The van der Waals surface area contributed by atoms with Crippen LogP contribution in [0, 0.1) is 13.8 Å². The van der Waals surface area contributed by atoms with Crippen LogP contribution in [0.4, 0.5) is 5.13 Å². The van der Waals surface area contributed by atoms with E-state index in [-0.39, 0.29) is 17.7 Å². The van der Waals surface area contributed by atoms with Gasteiger partial charge < -0.3 is 5.32 Å². The molecule has 0 aliphatic carbocycles. The summed E-state index contributed by atoms with van der Waals surface area (Å²) in [5.74, 6) is 0. The normalized spacial score (nSPS) is 10.6. The van der Waals surface area contributed by atoms with Gasteiger partial charge in [-0.25, -0.2) is 4.68 Å². The SMILES string of the molecule is CNc1nnc(Cn2[nH]c(=O)c(C)c(C)c2=O)s1. The third-order valence-electron chi connectivity index (χ3n) is 2.68. The third-order valence-corrected chi connectivity index (χ3v) is 3.61. The minimum atomic E-state index is -0.259. The van der Waals surface area contributed by atoms with E-state index in [0.29, 0.717) is 21.3 Å². The van der Waals surface area contributed by atoms with Crippen LogP contribution in [0.1, 0.15) is 16.1 Å². The molecule has 0 aliphatic rings. The van der Waals surface area contributed by atoms with Gasteiger partial charge in [0.25, 0.3) is 11.1 Å². The van der Waals surface area contributed by atoms with E-state index in [2.05, 4.69) is 20.6 Å². The molecule has 0 fully saturated rings. The first-order valence-corrected chi connectivity index (χ1v) is 6.15. The molecule has 0 saturated heterocycles. The minimum Gasteiger partial charge on any atom is -0.363 e. The average Bonchev–Trinajstić information content (AvgIpc) is 2.81. The van der Waals surface area contributed by atoms with Crippen molar-refractivity contribution in [3.05, 3.63) is 36.8 Å². The molecule has 2 aromatic heterocycles. The van der Waals surface area contributed by atoms with Gasteiger partial charge in [-0.3, -0.25) is 14.7 Å². The first-order chi connectivity index (χ1) is 8.52. The summed E-state index contributed by atoms with van der Waals surface area (Å²) in [6.45, 7) is 3.49. The summed E-state index contributed by atoms with van der Waals surface area (Å²) >= 11 is 1.34. The molecule has 2 N–H and O–H groups in total. The molecule has 8 heteroatoms. The molecule has 0 atom stereocenters. The zero-order chi connectivity index (χ0) is 13.3. The van der Waals surface area contributed by atoms with Crippen molar-refractivity contribution in [3.8, 4) is 0 Å². The predicted octanol–water partition coefficient (Wildman–Crippen LogP) is 0.0949. The number of aromatic amines is 1. The highest BCUT2D eigenvalue weighted by molar-refractivity contribution is 7.15. The monoisotopic (exact) mass is 267 g/mol. The Morgan fingerprint density at radius 3 is 2.61 bits per heavy atom. The molecule has 0 amide bonds. The molecule has 0 aliphatic heterocycles. The van der Waals surface area contributed by atoms with Gasteiger partial charge in [0.05, 0.1) is 6.54 Å². The van der Waals surface area contributed by atoms with Crippen LogP contribution in [-0.2, 0) is 6.54 Å². The highest BCUT2D eigenvalue weighted by Crippen LogP contribution is 2.14. The van der Waals surface area contributed by atoms with Crippen molar-refractivity contribution in [3.63, 3.8) is 0 Å². The number of hydrogen-bond acceptors (Lipinski definition) is 6. The molecular weight excluding hydrogens is 254 g/mol. The summed E-state index contributed by atoms with van der Waals surface area (Å²) in [5.41, 5.74) is 0.431. The Bertz CT molecular complexity index is 684. The summed E-state index contributed by atoms with van der Waals surface area (Å²) < 4.78 is 1.25. The van der Waals surface area contributed by atoms with Gasteiger partial charge in [-0.1, -0.05) is 11.3 Å². The Morgan fingerprint density at radius 1 is 1.28 bits per heavy atom. The van der Waals surface area contributed by atoms with Crippen molar-refractivity contribution < 1.29 is 0 Å². The van der Waals surface area contributed by atoms with Gasteiger partial charge in [0.2, 0.25) is 5.13 Å². The van der Waals surface area contributed by atoms with Gasteiger partial charge >= 0.3 is 0 Å². The predicted molar refractivity (Wildman–Crippen MR) is 69.4 cm³/mol. The molecule has 2 aromatic rings. The molecule has 0 radical (unpaired) electrons. The fourth-order valence-electron chi connectivity index (χ4n) is 1.46. The summed E-state index contributed by atoms with van der Waals surface area (Å²) in [7, 11) is 1.74. The highest BCUT2D eigenvalue weighted by atomic mass is 32.1. The van der Waals surface area contributed by atoms with Crippen molar-refractivity contribution >= 4 is 16.5 Å². The molecule has 18 heavy (non-hydrogen) atoms. The summed E-state index contributed by atoms with van der Waals surface area (Å²) in [4.78, 5) is 23.6. The van der Waals surface area contributed by atoms with Gasteiger partial charge in [0.1, 0.15) is 5.01 Å². The van der Waals surface area contributed by atoms with Crippen LogP contribution in [0.25, 0.3) is 0 Å². The summed E-state index contributed by atoms with van der Waals surface area (Å²) in [6.07, 6.45) is 0. The first-order valence-electron chi connectivity index (χ1n) is 5.33. The maximum atomic E-state index is 12.0. The Labute approximate surface area is 106 Å². The van der Waals surface area contributed by atoms with Crippen molar-refractivity contribution in [2.75, 3.05) is 12.4 Å². The van der Waals surface area contributed by atoms with Gasteiger partial charge in [0, 0.05) is 18.2 Å². The molecule has 0 spiro atoms. The molecule has 0 bridgehead atoms. The van der Waals surface area contributed by atoms with E-state index < -0.39 is 0 Å². The lowest BCUT2D eigenvalue weighted by molar-refractivity contribution is 0.612. The maximum Gasteiger partial charge on any atom is 0.268 e. The largest absolute Gasteiger partial charge is 0.363 e.